The first-order valence-corrected chi connectivity index (χ1v) is 2.76. The number of nitrogens with two attached hydrogens (primary N) is 1. The molecule has 12 heavy (non-hydrogen) atoms. The second-order valence-corrected chi connectivity index (χ2v) is 1.54. The van der Waals surface area contributed by atoms with E-state index in [0.717, 1.165) is 7.11 Å². The number of hydrogen-bond donors (Lipinski definition) is 4. The van der Waals surface area contributed by atoms with Crippen LogP contribution in [0.15, 0.2) is 0 Å². The van der Waals surface area contributed by atoms with Gasteiger partial charge in [0.25, 0.3) is 0 Å². The lowest BCUT2D eigenvalue weighted by Crippen LogP contribution is -2.50. The van der Waals surface area contributed by atoms with Gasteiger partial charge in [-0.05, 0) is 0 Å². The highest BCUT2D eigenvalue weighted by molar-refractivity contribution is 6.34. The van der Waals surface area contributed by atoms with Gasteiger partial charge in [0.05, 0.1) is 7.11 Å². The highest BCUT2D eigenvalue weighted by Gasteiger charge is 2.11. The van der Waals surface area contributed by atoms with Crippen LogP contribution in [0.5, 0.6) is 0 Å². The van der Waals surface area contributed by atoms with Gasteiger partial charge in [-0.15, -0.1) is 0 Å². The van der Waals surface area contributed by atoms with Crippen LogP contribution in [-0.2, 0) is 14.3 Å². The molecule has 8 nitrogen and oxygen atoms in total. The normalized spacial score (nSPS) is 8.17. The average molecular weight is 176 g/mol. The summed E-state index contributed by atoms with van der Waals surface area (Å²) in [6.07, 6.45) is -0.895. The Bertz CT molecular complexity index is 203. The molecular weight excluding hydrogens is 168 g/mol. The minimum Gasteiger partial charge on any atom is -0.452 e. The smallest absolute Gasteiger partial charge is 0.425 e. The largest absolute Gasteiger partial charge is 0.452 e. The molecule has 0 atom stereocenters. The molecule has 0 aliphatic rings. The topological polar surface area (TPSA) is 123 Å². The Hall–Kier alpha value is -1.83. The van der Waals surface area contributed by atoms with Crippen LogP contribution >= 0.6 is 0 Å². The summed E-state index contributed by atoms with van der Waals surface area (Å²) in [6.45, 7) is 0. The number of ether oxygens (including phenoxy) is 1. The Morgan fingerprint density at radius 3 is 2.17 bits per heavy atom. The Labute approximate surface area is 67.4 Å². The van der Waals surface area contributed by atoms with E-state index in [1.807, 2.05) is 0 Å². The Kier molecular flexibility index (Phi) is 4.16. The Morgan fingerprint density at radius 1 is 1.17 bits per heavy atom. The number of methoxy groups -OCH3 is 1. The average Bonchev–Trinajstić information content (AvgIpc) is 2.11. The van der Waals surface area contributed by atoms with Crippen molar-refractivity contribution >= 4 is 17.9 Å². The van der Waals surface area contributed by atoms with E-state index < -0.39 is 17.9 Å². The van der Waals surface area contributed by atoms with Gasteiger partial charge < -0.3 is 4.74 Å². The lowest BCUT2D eigenvalue weighted by Gasteiger charge is -2.03. The molecule has 3 amide bonds. The summed E-state index contributed by atoms with van der Waals surface area (Å²) >= 11 is 0. The van der Waals surface area contributed by atoms with Gasteiger partial charge in [-0.2, -0.15) is 0 Å². The summed E-state index contributed by atoms with van der Waals surface area (Å²) in [5.74, 6) is 2.44. The van der Waals surface area contributed by atoms with Crippen LogP contribution in [0.1, 0.15) is 0 Å². The van der Waals surface area contributed by atoms with Crippen molar-refractivity contribution in [3.05, 3.63) is 0 Å². The second-order valence-electron chi connectivity index (χ2n) is 1.54. The quantitative estimate of drug-likeness (QED) is 0.139. The van der Waals surface area contributed by atoms with E-state index in [2.05, 4.69) is 10.6 Å². The van der Waals surface area contributed by atoms with Crippen LogP contribution in [0.3, 0.4) is 0 Å². The third-order valence-electron chi connectivity index (χ3n) is 0.801. The maximum absolute atomic E-state index is 10.5. The van der Waals surface area contributed by atoms with Crippen molar-refractivity contribution in [2.45, 2.75) is 0 Å². The third-order valence-corrected chi connectivity index (χ3v) is 0.801. The zero-order valence-electron chi connectivity index (χ0n) is 6.21. The lowest BCUT2D eigenvalue weighted by molar-refractivity contribution is -0.139. The van der Waals surface area contributed by atoms with Gasteiger partial charge in [0.15, 0.2) is 0 Å². The fourth-order valence-electron chi connectivity index (χ4n) is 0.281. The minimum atomic E-state index is -1.09. The van der Waals surface area contributed by atoms with Crippen molar-refractivity contribution in [2.24, 2.45) is 5.84 Å². The predicted molar refractivity (Wildman–Crippen MR) is 36.0 cm³/mol. The van der Waals surface area contributed by atoms with Gasteiger partial charge in [0.1, 0.15) is 0 Å². The first-order chi connectivity index (χ1) is 5.61. The Morgan fingerprint density at radius 2 is 1.75 bits per heavy atom. The molecule has 68 valence electrons. The maximum Gasteiger partial charge on any atom is 0.425 e. The number of nitrogens with one attached hydrogen (secondary N) is 3. The molecule has 0 radical (unpaired) electrons. The number of rotatable bonds is 0. The van der Waals surface area contributed by atoms with Crippen molar-refractivity contribution in [1.82, 2.24) is 16.3 Å². The zero-order valence-corrected chi connectivity index (χ0v) is 6.21. The number of amides is 3. The van der Waals surface area contributed by atoms with E-state index in [-0.39, 0.29) is 0 Å². The van der Waals surface area contributed by atoms with E-state index in [0.29, 0.717) is 0 Å². The molecule has 8 heteroatoms. The molecule has 0 spiro atoms. The molecule has 0 heterocycles. The molecule has 5 N–H and O–H groups in total. The van der Waals surface area contributed by atoms with E-state index in [1.54, 1.807) is 16.3 Å². The summed E-state index contributed by atoms with van der Waals surface area (Å²) < 4.78 is 4.09. The highest BCUT2D eigenvalue weighted by atomic mass is 16.5. The van der Waals surface area contributed by atoms with Crippen molar-refractivity contribution in [1.29, 1.82) is 0 Å². The molecular formula is C4H8N4O4. The Balaban J connectivity index is 3.72. The number of carbonyl (C=O) groups excluding carboxylic acids is 3. The molecule has 0 aliphatic heterocycles. The standard InChI is InChI=1S/C4H8N4O4/c1-12-4(11)8-7-3(10)2(9)6-5/h5H2,1H3,(H,6,9)(H,7,10)(H,8,11). The predicted octanol–water partition coefficient (Wildman–Crippen LogP) is -2.64. The maximum atomic E-state index is 10.5. The van der Waals surface area contributed by atoms with Crippen LogP contribution in [-0.4, -0.2) is 25.0 Å². The minimum absolute atomic E-state index is 0.895. The van der Waals surface area contributed by atoms with Crippen molar-refractivity contribution < 1.29 is 19.1 Å². The SMILES string of the molecule is COC(=O)NNC(=O)C(=O)NN. The third kappa shape index (κ3) is 3.37. The van der Waals surface area contributed by atoms with E-state index in [9.17, 15) is 14.4 Å². The first kappa shape index (κ1) is 10.2. The molecule has 0 aromatic heterocycles. The zero-order chi connectivity index (χ0) is 9.56. The van der Waals surface area contributed by atoms with Crippen molar-refractivity contribution in [3.63, 3.8) is 0 Å². The van der Waals surface area contributed by atoms with Gasteiger partial charge in [0, 0.05) is 0 Å². The van der Waals surface area contributed by atoms with Crippen LogP contribution in [0.2, 0.25) is 0 Å². The summed E-state index contributed by atoms with van der Waals surface area (Å²) in [5, 5.41) is 0. The monoisotopic (exact) mass is 176 g/mol. The van der Waals surface area contributed by atoms with Crippen LogP contribution in [0.4, 0.5) is 4.79 Å². The molecule has 0 unspecified atom stereocenters. The summed E-state index contributed by atoms with van der Waals surface area (Å²) in [6, 6.07) is 0. The molecule has 0 saturated carbocycles. The van der Waals surface area contributed by atoms with E-state index in [4.69, 9.17) is 0 Å². The van der Waals surface area contributed by atoms with Crippen molar-refractivity contribution in [3.8, 4) is 0 Å². The van der Waals surface area contributed by atoms with Crippen LogP contribution < -0.4 is 22.1 Å². The molecule has 0 rings (SSSR count). The van der Waals surface area contributed by atoms with Crippen molar-refractivity contribution in [2.75, 3.05) is 7.11 Å². The first-order valence-electron chi connectivity index (χ1n) is 2.76. The summed E-state index contributed by atoms with van der Waals surface area (Å²) in [5.41, 5.74) is 5.06. The summed E-state index contributed by atoms with van der Waals surface area (Å²) in [7, 11) is 1.10. The van der Waals surface area contributed by atoms with Crippen LogP contribution in [0.25, 0.3) is 0 Å². The van der Waals surface area contributed by atoms with Gasteiger partial charge >= 0.3 is 17.9 Å². The lowest BCUT2D eigenvalue weighted by atomic mass is 10.6. The number of hydrogen-bond acceptors (Lipinski definition) is 5. The fraction of sp³-hybridized carbons (Fsp3) is 0.250. The van der Waals surface area contributed by atoms with E-state index >= 15 is 0 Å². The molecule has 0 fully saturated rings. The van der Waals surface area contributed by atoms with Crippen LogP contribution in [0, 0.1) is 0 Å². The van der Waals surface area contributed by atoms with Gasteiger partial charge in [-0.3, -0.25) is 20.4 Å². The molecule has 0 saturated heterocycles. The molecule has 0 aromatic carbocycles. The fourth-order valence-corrected chi connectivity index (χ4v) is 0.281. The molecule has 0 aliphatic carbocycles. The highest BCUT2D eigenvalue weighted by Crippen LogP contribution is 1.67. The van der Waals surface area contributed by atoms with E-state index in [1.165, 1.54) is 0 Å². The molecule has 0 bridgehead atoms. The summed E-state index contributed by atoms with van der Waals surface area (Å²) in [4.78, 5) is 31.2. The number of hydrazine groups is 2. The van der Waals surface area contributed by atoms with Gasteiger partial charge in [0.2, 0.25) is 0 Å². The van der Waals surface area contributed by atoms with Gasteiger partial charge in [-0.1, -0.05) is 0 Å². The van der Waals surface area contributed by atoms with Gasteiger partial charge in [-0.25, -0.2) is 16.1 Å². The number of carbonyl (C=O) groups is 3. The molecule has 0 aromatic rings. The second kappa shape index (κ2) is 4.91.